The minimum Gasteiger partial charge on any atom is -0.345 e. The van der Waals surface area contributed by atoms with E-state index in [0.29, 0.717) is 18.9 Å². The molecule has 0 radical (unpaired) electrons. The van der Waals surface area contributed by atoms with Crippen molar-refractivity contribution in [3.8, 4) is 0 Å². The van der Waals surface area contributed by atoms with Crippen molar-refractivity contribution in [2.45, 2.75) is 25.7 Å². The van der Waals surface area contributed by atoms with E-state index >= 15 is 0 Å². The van der Waals surface area contributed by atoms with Gasteiger partial charge in [-0.05, 0) is 43.4 Å². The molecule has 156 valence electrons. The lowest BCUT2D eigenvalue weighted by Crippen LogP contribution is -2.43. The van der Waals surface area contributed by atoms with Crippen LogP contribution in [-0.2, 0) is 17.6 Å². The molecule has 2 aromatic rings. The first-order valence-corrected chi connectivity index (χ1v) is 9.93. The maximum absolute atomic E-state index is 13.8. The van der Waals surface area contributed by atoms with Crippen LogP contribution in [0, 0.1) is 11.7 Å². The number of nitrogens with one attached hydrogen (secondary N) is 2. The summed E-state index contributed by atoms with van der Waals surface area (Å²) in [5, 5.41) is 0. The number of carbonyl (C=O) groups is 1. The zero-order valence-electron chi connectivity index (χ0n) is 16.6. The van der Waals surface area contributed by atoms with Crippen molar-refractivity contribution in [3.63, 3.8) is 0 Å². The molecule has 3 rings (SSSR count). The summed E-state index contributed by atoms with van der Waals surface area (Å²) in [5.74, 6) is 0.0156. The summed E-state index contributed by atoms with van der Waals surface area (Å²) in [4.78, 5) is 43.8. The lowest BCUT2D eigenvalue weighted by atomic mass is 9.97. The molecule has 1 aromatic carbocycles. The van der Waals surface area contributed by atoms with Gasteiger partial charge < -0.3 is 14.8 Å². The first kappa shape index (κ1) is 21.0. The highest BCUT2D eigenvalue weighted by Crippen LogP contribution is 2.18. The summed E-state index contributed by atoms with van der Waals surface area (Å²) in [6, 6.07) is 6.86. The number of H-pyrrole nitrogens is 2. The van der Waals surface area contributed by atoms with Crippen LogP contribution in [0.5, 0.6) is 0 Å². The summed E-state index contributed by atoms with van der Waals surface area (Å²) in [6.07, 6.45) is 3.99. The molecule has 2 N–H and O–H groups in total. The van der Waals surface area contributed by atoms with Crippen molar-refractivity contribution in [1.82, 2.24) is 19.8 Å². The largest absolute Gasteiger partial charge is 0.345 e. The van der Waals surface area contributed by atoms with E-state index in [1.807, 2.05) is 12.1 Å². The van der Waals surface area contributed by atoms with Gasteiger partial charge in [0.25, 0.3) is 5.56 Å². The number of benzene rings is 1. The first-order valence-electron chi connectivity index (χ1n) is 9.93. The van der Waals surface area contributed by atoms with Gasteiger partial charge in [-0.1, -0.05) is 18.2 Å². The van der Waals surface area contributed by atoms with Crippen LogP contribution < -0.4 is 11.2 Å². The summed E-state index contributed by atoms with van der Waals surface area (Å²) in [6.45, 7) is 3.25. The SMILES string of the molecule is CN(C[C@@H]1CCCN(CCc2ccccc2F)C1)C(=O)Cc1c[nH]c(=O)[nH]c1=O. The van der Waals surface area contributed by atoms with Gasteiger partial charge in [0.15, 0.2) is 0 Å². The second-order valence-electron chi connectivity index (χ2n) is 7.70. The monoisotopic (exact) mass is 402 g/mol. The summed E-state index contributed by atoms with van der Waals surface area (Å²) < 4.78 is 13.8. The molecule has 1 amide bonds. The Morgan fingerprint density at radius 2 is 2.07 bits per heavy atom. The molecule has 2 heterocycles. The van der Waals surface area contributed by atoms with E-state index in [2.05, 4.69) is 14.9 Å². The van der Waals surface area contributed by atoms with Crippen LogP contribution in [-0.4, -0.2) is 58.9 Å². The van der Waals surface area contributed by atoms with Crippen LogP contribution in [0.25, 0.3) is 0 Å². The number of likely N-dealkylation sites (tertiary alicyclic amines) is 1. The summed E-state index contributed by atoms with van der Waals surface area (Å²) >= 11 is 0. The first-order chi connectivity index (χ1) is 13.9. The van der Waals surface area contributed by atoms with E-state index in [-0.39, 0.29) is 23.7 Å². The fraction of sp³-hybridized carbons (Fsp3) is 0.476. The smallest absolute Gasteiger partial charge is 0.325 e. The van der Waals surface area contributed by atoms with Crippen molar-refractivity contribution in [3.05, 3.63) is 68.2 Å². The van der Waals surface area contributed by atoms with Gasteiger partial charge in [-0.25, -0.2) is 9.18 Å². The number of aromatic amines is 2. The normalized spacial score (nSPS) is 17.2. The van der Waals surface area contributed by atoms with Crippen LogP contribution in [0.2, 0.25) is 0 Å². The van der Waals surface area contributed by atoms with Crippen LogP contribution in [0.15, 0.2) is 40.1 Å². The predicted octanol–water partition coefficient (Wildman–Crippen LogP) is 1.16. The van der Waals surface area contributed by atoms with Crippen molar-refractivity contribution < 1.29 is 9.18 Å². The minimum absolute atomic E-state index is 0.0493. The van der Waals surface area contributed by atoms with Crippen LogP contribution in [0.3, 0.4) is 0 Å². The molecular weight excluding hydrogens is 375 g/mol. The Kier molecular flexibility index (Phi) is 6.98. The third kappa shape index (κ3) is 5.87. The van der Waals surface area contributed by atoms with E-state index < -0.39 is 11.2 Å². The molecule has 0 unspecified atom stereocenters. The van der Waals surface area contributed by atoms with E-state index in [4.69, 9.17) is 0 Å². The quantitative estimate of drug-likeness (QED) is 0.727. The number of piperidine rings is 1. The van der Waals surface area contributed by atoms with Gasteiger partial charge in [-0.3, -0.25) is 14.6 Å². The lowest BCUT2D eigenvalue weighted by molar-refractivity contribution is -0.130. The molecule has 0 spiro atoms. The molecule has 1 aromatic heterocycles. The van der Waals surface area contributed by atoms with Crippen LogP contribution in [0.4, 0.5) is 4.39 Å². The van der Waals surface area contributed by atoms with Gasteiger partial charge in [0.2, 0.25) is 5.91 Å². The molecule has 0 saturated carbocycles. The van der Waals surface area contributed by atoms with E-state index in [0.717, 1.165) is 38.0 Å². The maximum Gasteiger partial charge on any atom is 0.325 e. The Morgan fingerprint density at radius 1 is 1.28 bits per heavy atom. The topological polar surface area (TPSA) is 89.3 Å². The third-order valence-electron chi connectivity index (χ3n) is 5.45. The Balaban J connectivity index is 1.50. The molecule has 0 aliphatic carbocycles. The minimum atomic E-state index is -0.586. The Hall–Kier alpha value is -2.74. The molecule has 1 aliphatic rings. The van der Waals surface area contributed by atoms with Crippen molar-refractivity contribution >= 4 is 5.91 Å². The molecule has 7 nitrogen and oxygen atoms in total. The fourth-order valence-corrected chi connectivity index (χ4v) is 3.84. The number of carbonyl (C=O) groups excluding carboxylic acids is 1. The maximum atomic E-state index is 13.8. The summed E-state index contributed by atoms with van der Waals surface area (Å²) in [5.41, 5.74) is -0.144. The van der Waals surface area contributed by atoms with Gasteiger partial charge >= 0.3 is 5.69 Å². The molecule has 1 saturated heterocycles. The molecular formula is C21H27FN4O3. The number of hydrogen-bond donors (Lipinski definition) is 2. The summed E-state index contributed by atoms with van der Waals surface area (Å²) in [7, 11) is 1.74. The zero-order valence-corrected chi connectivity index (χ0v) is 16.6. The highest BCUT2D eigenvalue weighted by Gasteiger charge is 2.23. The molecule has 8 heteroatoms. The van der Waals surface area contributed by atoms with Crippen LogP contribution in [0.1, 0.15) is 24.0 Å². The second-order valence-corrected chi connectivity index (χ2v) is 7.70. The highest BCUT2D eigenvalue weighted by molar-refractivity contribution is 5.78. The van der Waals surface area contributed by atoms with Gasteiger partial charge in [0, 0.05) is 38.4 Å². The average molecular weight is 402 g/mol. The van der Waals surface area contributed by atoms with E-state index in [1.165, 1.54) is 12.3 Å². The van der Waals surface area contributed by atoms with E-state index in [9.17, 15) is 18.8 Å². The molecule has 0 bridgehead atoms. The third-order valence-corrected chi connectivity index (χ3v) is 5.45. The lowest BCUT2D eigenvalue weighted by Gasteiger charge is -2.34. The average Bonchev–Trinajstić information content (AvgIpc) is 2.69. The Labute approximate surface area is 168 Å². The highest BCUT2D eigenvalue weighted by atomic mass is 19.1. The number of amides is 1. The van der Waals surface area contributed by atoms with Crippen molar-refractivity contribution in [1.29, 1.82) is 0 Å². The fourth-order valence-electron chi connectivity index (χ4n) is 3.84. The van der Waals surface area contributed by atoms with Gasteiger partial charge in [-0.15, -0.1) is 0 Å². The number of hydrogen-bond acceptors (Lipinski definition) is 4. The van der Waals surface area contributed by atoms with Crippen molar-refractivity contribution in [2.75, 3.05) is 33.2 Å². The standard InChI is InChI=1S/C21H27FN4O3/c1-25(19(27)11-17-12-23-21(29)24-20(17)28)13-15-5-4-9-26(14-15)10-8-16-6-2-3-7-18(16)22/h2-3,6-7,12,15H,4-5,8-11,13-14H2,1H3,(H2,23,24,28,29)/t15-/m0/s1. The zero-order chi connectivity index (χ0) is 20.8. The Bertz CT molecular complexity index is 955. The Morgan fingerprint density at radius 3 is 2.83 bits per heavy atom. The molecule has 1 fully saturated rings. The van der Waals surface area contributed by atoms with E-state index in [1.54, 1.807) is 18.0 Å². The number of likely N-dealkylation sites (N-methyl/N-ethyl adjacent to an activating group) is 1. The van der Waals surface area contributed by atoms with Gasteiger partial charge in [-0.2, -0.15) is 0 Å². The number of nitrogens with zero attached hydrogens (tertiary/aromatic N) is 2. The van der Waals surface area contributed by atoms with Gasteiger partial charge in [0.05, 0.1) is 6.42 Å². The van der Waals surface area contributed by atoms with Crippen molar-refractivity contribution in [2.24, 2.45) is 5.92 Å². The molecule has 1 atom stereocenters. The number of aromatic nitrogens is 2. The van der Waals surface area contributed by atoms with Gasteiger partial charge in [0.1, 0.15) is 5.82 Å². The molecule has 29 heavy (non-hydrogen) atoms. The molecule has 1 aliphatic heterocycles. The number of rotatable bonds is 7. The predicted molar refractivity (Wildman–Crippen MR) is 108 cm³/mol. The second kappa shape index (κ2) is 9.65. The number of halogens is 1. The van der Waals surface area contributed by atoms with Crippen LogP contribution >= 0.6 is 0 Å².